The Morgan fingerprint density at radius 2 is 2.11 bits per heavy atom. The summed E-state index contributed by atoms with van der Waals surface area (Å²) in [5.74, 6) is 0.934. The second-order valence-electron chi connectivity index (χ2n) is 3.94. The maximum atomic E-state index is 11.7. The molecule has 5 nitrogen and oxygen atoms in total. The van der Waals surface area contributed by atoms with Gasteiger partial charge in [-0.15, -0.1) is 0 Å². The topological polar surface area (TPSA) is 70.8 Å². The van der Waals surface area contributed by atoms with Crippen LogP contribution >= 0.6 is 0 Å². The van der Waals surface area contributed by atoms with E-state index in [1.165, 1.54) is 0 Å². The molecule has 0 heterocycles. The Morgan fingerprint density at radius 3 is 2.63 bits per heavy atom. The molecule has 0 saturated carbocycles. The van der Waals surface area contributed by atoms with Gasteiger partial charge in [0.05, 0.1) is 13.7 Å². The van der Waals surface area contributed by atoms with Crippen molar-refractivity contribution in [2.45, 2.75) is 32.9 Å². The molecule has 1 aromatic carbocycles. The average molecular weight is 267 g/mol. The van der Waals surface area contributed by atoms with E-state index in [0.29, 0.717) is 31.1 Å². The van der Waals surface area contributed by atoms with E-state index < -0.39 is 6.10 Å². The maximum absolute atomic E-state index is 11.7. The van der Waals surface area contributed by atoms with E-state index in [9.17, 15) is 4.79 Å². The number of rotatable bonds is 7. The summed E-state index contributed by atoms with van der Waals surface area (Å²) in [6, 6.07) is 5.32. The van der Waals surface area contributed by atoms with Crippen molar-refractivity contribution in [2.75, 3.05) is 13.7 Å². The van der Waals surface area contributed by atoms with Gasteiger partial charge >= 0.3 is 5.97 Å². The Kier molecular flexibility index (Phi) is 6.15. The van der Waals surface area contributed by atoms with Crippen LogP contribution in [0.15, 0.2) is 18.2 Å². The lowest BCUT2D eigenvalue weighted by atomic mass is 10.2. The molecule has 19 heavy (non-hydrogen) atoms. The van der Waals surface area contributed by atoms with Crippen molar-refractivity contribution < 1.29 is 19.0 Å². The predicted octanol–water partition coefficient (Wildman–Crippen LogP) is 1.87. The summed E-state index contributed by atoms with van der Waals surface area (Å²) < 4.78 is 15.8. The van der Waals surface area contributed by atoms with Crippen molar-refractivity contribution in [1.82, 2.24) is 0 Å². The molecule has 0 aliphatic carbocycles. The molecular weight excluding hydrogens is 246 g/mol. The molecule has 5 heteroatoms. The van der Waals surface area contributed by atoms with E-state index in [2.05, 4.69) is 0 Å². The molecule has 0 radical (unpaired) electrons. The fraction of sp³-hybridized carbons (Fsp3) is 0.500. The molecule has 0 aliphatic rings. The molecule has 1 rings (SSSR count). The fourth-order valence-corrected chi connectivity index (χ4v) is 1.64. The van der Waals surface area contributed by atoms with Crippen LogP contribution < -0.4 is 15.2 Å². The van der Waals surface area contributed by atoms with Gasteiger partial charge < -0.3 is 19.9 Å². The van der Waals surface area contributed by atoms with E-state index in [0.717, 1.165) is 5.56 Å². The Morgan fingerprint density at radius 1 is 1.37 bits per heavy atom. The van der Waals surface area contributed by atoms with Crippen LogP contribution in [0.25, 0.3) is 0 Å². The lowest BCUT2D eigenvalue weighted by molar-refractivity contribution is -0.151. The molecule has 106 valence electrons. The summed E-state index contributed by atoms with van der Waals surface area (Å²) in [5, 5.41) is 0. The van der Waals surface area contributed by atoms with E-state index in [1.807, 2.05) is 6.92 Å². The molecule has 1 atom stereocenters. The Bertz CT molecular complexity index is 420. The van der Waals surface area contributed by atoms with Gasteiger partial charge in [-0.05, 0) is 31.5 Å². The van der Waals surface area contributed by atoms with E-state index in [-0.39, 0.29) is 5.97 Å². The van der Waals surface area contributed by atoms with Crippen molar-refractivity contribution in [3.05, 3.63) is 23.8 Å². The van der Waals surface area contributed by atoms with Crippen LogP contribution in [0.4, 0.5) is 0 Å². The minimum Gasteiger partial charge on any atom is -0.497 e. The third kappa shape index (κ3) is 4.13. The van der Waals surface area contributed by atoms with Crippen molar-refractivity contribution in [1.29, 1.82) is 0 Å². The molecule has 0 fully saturated rings. The number of ether oxygens (including phenoxy) is 3. The molecule has 0 amide bonds. The first-order chi connectivity index (χ1) is 9.15. The molecule has 1 unspecified atom stereocenters. The highest BCUT2D eigenvalue weighted by Crippen LogP contribution is 2.25. The molecule has 2 N–H and O–H groups in total. The minimum absolute atomic E-state index is 0.311. The highest BCUT2D eigenvalue weighted by atomic mass is 16.6. The van der Waals surface area contributed by atoms with Gasteiger partial charge in [-0.2, -0.15) is 0 Å². The van der Waals surface area contributed by atoms with Gasteiger partial charge in [0.1, 0.15) is 11.5 Å². The van der Waals surface area contributed by atoms with Crippen molar-refractivity contribution >= 4 is 5.97 Å². The van der Waals surface area contributed by atoms with Crippen LogP contribution in [0.3, 0.4) is 0 Å². The number of carbonyl (C=O) groups is 1. The molecule has 1 aromatic rings. The number of esters is 1. The van der Waals surface area contributed by atoms with Crippen LogP contribution in [0.2, 0.25) is 0 Å². The predicted molar refractivity (Wildman–Crippen MR) is 72.2 cm³/mol. The fourth-order valence-electron chi connectivity index (χ4n) is 1.64. The quantitative estimate of drug-likeness (QED) is 0.764. The molecular formula is C14H21NO4. The lowest BCUT2D eigenvalue weighted by Crippen LogP contribution is -2.29. The zero-order valence-electron chi connectivity index (χ0n) is 11.6. The molecule has 0 bridgehead atoms. The van der Waals surface area contributed by atoms with Crippen LogP contribution in [-0.2, 0) is 16.1 Å². The van der Waals surface area contributed by atoms with Crippen LogP contribution in [0, 0.1) is 0 Å². The summed E-state index contributed by atoms with van der Waals surface area (Å²) >= 11 is 0. The van der Waals surface area contributed by atoms with Gasteiger partial charge in [0, 0.05) is 12.1 Å². The Labute approximate surface area is 113 Å². The van der Waals surface area contributed by atoms with Crippen LogP contribution in [0.5, 0.6) is 11.5 Å². The van der Waals surface area contributed by atoms with E-state index in [4.69, 9.17) is 19.9 Å². The molecule has 0 saturated heterocycles. The third-order valence-corrected chi connectivity index (χ3v) is 2.68. The molecule has 0 aromatic heterocycles. The SMILES string of the molecule is CCOC(=O)C(CC)Oc1ccc(OC)cc1CN. The highest BCUT2D eigenvalue weighted by Gasteiger charge is 2.20. The third-order valence-electron chi connectivity index (χ3n) is 2.68. The first kappa shape index (κ1) is 15.3. The van der Waals surface area contributed by atoms with E-state index in [1.54, 1.807) is 32.2 Å². The molecule has 0 aliphatic heterocycles. The summed E-state index contributed by atoms with van der Waals surface area (Å²) in [4.78, 5) is 11.7. The standard InChI is InChI=1S/C14H21NO4/c1-4-12(14(16)18-5-2)19-13-7-6-11(17-3)8-10(13)9-15/h6-8,12H,4-5,9,15H2,1-3H3. The monoisotopic (exact) mass is 267 g/mol. The largest absolute Gasteiger partial charge is 0.497 e. The zero-order chi connectivity index (χ0) is 14.3. The van der Waals surface area contributed by atoms with Crippen LogP contribution in [-0.4, -0.2) is 25.8 Å². The van der Waals surface area contributed by atoms with Crippen molar-refractivity contribution in [3.63, 3.8) is 0 Å². The number of methoxy groups -OCH3 is 1. The van der Waals surface area contributed by atoms with E-state index >= 15 is 0 Å². The average Bonchev–Trinajstić information content (AvgIpc) is 2.44. The second kappa shape index (κ2) is 7.63. The molecule has 0 spiro atoms. The number of benzene rings is 1. The minimum atomic E-state index is -0.612. The van der Waals surface area contributed by atoms with Crippen molar-refractivity contribution in [2.24, 2.45) is 5.73 Å². The zero-order valence-corrected chi connectivity index (χ0v) is 11.6. The number of carbonyl (C=O) groups excluding carboxylic acids is 1. The second-order valence-corrected chi connectivity index (χ2v) is 3.94. The van der Waals surface area contributed by atoms with Crippen LogP contribution in [0.1, 0.15) is 25.8 Å². The van der Waals surface area contributed by atoms with Gasteiger partial charge in [-0.3, -0.25) is 0 Å². The summed E-state index contributed by atoms with van der Waals surface area (Å²) in [6.07, 6.45) is -0.0758. The maximum Gasteiger partial charge on any atom is 0.347 e. The normalized spacial score (nSPS) is 11.8. The summed E-state index contributed by atoms with van der Waals surface area (Å²) in [6.45, 7) is 4.29. The number of nitrogens with two attached hydrogens (primary N) is 1. The Hall–Kier alpha value is -1.75. The van der Waals surface area contributed by atoms with Gasteiger partial charge in [-0.25, -0.2) is 4.79 Å². The summed E-state index contributed by atoms with van der Waals surface area (Å²) in [5.41, 5.74) is 6.47. The number of hydrogen-bond donors (Lipinski definition) is 1. The Balaban J connectivity index is 2.87. The van der Waals surface area contributed by atoms with Gasteiger partial charge in [0.2, 0.25) is 0 Å². The van der Waals surface area contributed by atoms with Crippen molar-refractivity contribution in [3.8, 4) is 11.5 Å². The number of hydrogen-bond acceptors (Lipinski definition) is 5. The van der Waals surface area contributed by atoms with Gasteiger partial charge in [0.25, 0.3) is 0 Å². The first-order valence-corrected chi connectivity index (χ1v) is 6.36. The highest BCUT2D eigenvalue weighted by molar-refractivity contribution is 5.75. The first-order valence-electron chi connectivity index (χ1n) is 6.36. The summed E-state index contributed by atoms with van der Waals surface area (Å²) in [7, 11) is 1.59. The smallest absolute Gasteiger partial charge is 0.347 e. The van der Waals surface area contributed by atoms with Gasteiger partial charge in [0.15, 0.2) is 6.10 Å². The lowest BCUT2D eigenvalue weighted by Gasteiger charge is -2.18. The van der Waals surface area contributed by atoms with Gasteiger partial charge in [-0.1, -0.05) is 6.92 Å².